The van der Waals surface area contributed by atoms with Gasteiger partial charge < -0.3 is 4.90 Å². The molecule has 0 aliphatic carbocycles. The second kappa shape index (κ2) is 6.08. The van der Waals surface area contributed by atoms with Gasteiger partial charge >= 0.3 is 5.69 Å². The molecule has 0 fully saturated rings. The quantitative estimate of drug-likeness (QED) is 0.807. The van der Waals surface area contributed by atoms with Crippen LogP contribution >= 0.6 is 11.8 Å². The molecule has 1 amide bonds. The molecular weight excluding hydrogens is 252 g/mol. The second-order valence-corrected chi connectivity index (χ2v) is 5.59. The molecule has 0 spiro atoms. The summed E-state index contributed by atoms with van der Waals surface area (Å²) in [6.07, 6.45) is 0. The van der Waals surface area contributed by atoms with Crippen molar-refractivity contribution in [2.45, 2.75) is 44.9 Å². The third-order valence-electron chi connectivity index (χ3n) is 2.56. The number of hydrogen-bond acceptors (Lipinski definition) is 4. The molecule has 0 saturated carbocycles. The van der Waals surface area contributed by atoms with Gasteiger partial charge in [-0.2, -0.15) is 0 Å². The highest BCUT2D eigenvalue weighted by molar-refractivity contribution is 7.99. The Bertz CT molecular complexity index is 456. The summed E-state index contributed by atoms with van der Waals surface area (Å²) in [5, 5.41) is 6.73. The molecule has 18 heavy (non-hydrogen) atoms. The van der Waals surface area contributed by atoms with Crippen molar-refractivity contribution in [1.82, 2.24) is 19.7 Å². The van der Waals surface area contributed by atoms with Crippen molar-refractivity contribution in [3.8, 4) is 0 Å². The lowest BCUT2D eigenvalue weighted by molar-refractivity contribution is -0.131. The van der Waals surface area contributed by atoms with Crippen molar-refractivity contribution in [2.75, 3.05) is 5.75 Å². The summed E-state index contributed by atoms with van der Waals surface area (Å²) < 4.78 is 1.40. The number of nitrogens with one attached hydrogen (secondary N) is 1. The standard InChI is InChI=1S/C11H20N4O2S/c1-7(2)15(8(3)4)9(16)6-18-11-13-12-10(17)14(11)5/h7-8H,6H2,1-5H3,(H,12,17). The highest BCUT2D eigenvalue weighted by Crippen LogP contribution is 2.15. The van der Waals surface area contributed by atoms with E-state index in [1.54, 1.807) is 7.05 Å². The van der Waals surface area contributed by atoms with E-state index in [0.717, 1.165) is 0 Å². The summed E-state index contributed by atoms with van der Waals surface area (Å²) in [4.78, 5) is 25.1. The van der Waals surface area contributed by atoms with Crippen LogP contribution in [0, 0.1) is 0 Å². The van der Waals surface area contributed by atoms with Crippen LogP contribution in [0.3, 0.4) is 0 Å². The zero-order chi connectivity index (χ0) is 13.9. The van der Waals surface area contributed by atoms with Crippen molar-refractivity contribution in [3.05, 3.63) is 10.5 Å². The Morgan fingerprint density at radius 3 is 2.33 bits per heavy atom. The van der Waals surface area contributed by atoms with Gasteiger partial charge in [-0.3, -0.25) is 9.36 Å². The lowest BCUT2D eigenvalue weighted by atomic mass is 10.2. The van der Waals surface area contributed by atoms with Crippen molar-refractivity contribution < 1.29 is 4.79 Å². The lowest BCUT2D eigenvalue weighted by Crippen LogP contribution is -2.43. The van der Waals surface area contributed by atoms with Crippen LogP contribution in [-0.2, 0) is 11.8 Å². The molecule has 1 heterocycles. The van der Waals surface area contributed by atoms with Crippen molar-refractivity contribution in [1.29, 1.82) is 0 Å². The fraction of sp³-hybridized carbons (Fsp3) is 0.727. The molecule has 0 aromatic carbocycles. The summed E-state index contributed by atoms with van der Waals surface area (Å²) in [7, 11) is 1.63. The van der Waals surface area contributed by atoms with Crippen LogP contribution in [0.2, 0.25) is 0 Å². The van der Waals surface area contributed by atoms with Gasteiger partial charge in [-0.1, -0.05) is 11.8 Å². The monoisotopic (exact) mass is 272 g/mol. The summed E-state index contributed by atoms with van der Waals surface area (Å²) in [5.41, 5.74) is -0.269. The summed E-state index contributed by atoms with van der Waals surface area (Å²) >= 11 is 1.27. The molecule has 0 atom stereocenters. The molecule has 0 saturated heterocycles. The number of aromatic nitrogens is 3. The molecule has 0 radical (unpaired) electrons. The molecule has 0 unspecified atom stereocenters. The summed E-state index contributed by atoms with van der Waals surface area (Å²) in [6, 6.07) is 0.335. The third kappa shape index (κ3) is 3.38. The van der Waals surface area contributed by atoms with Crippen molar-refractivity contribution in [3.63, 3.8) is 0 Å². The predicted octanol–water partition coefficient (Wildman–Crippen LogP) is 0.846. The van der Waals surface area contributed by atoms with Gasteiger partial charge in [0, 0.05) is 19.1 Å². The number of hydrogen-bond donors (Lipinski definition) is 1. The van der Waals surface area contributed by atoms with Gasteiger partial charge in [0.05, 0.1) is 5.75 Å². The highest BCUT2D eigenvalue weighted by Gasteiger charge is 2.20. The third-order valence-corrected chi connectivity index (χ3v) is 3.58. The Labute approximate surface area is 111 Å². The number of H-pyrrole nitrogens is 1. The predicted molar refractivity (Wildman–Crippen MR) is 71.7 cm³/mol. The number of aromatic amines is 1. The van der Waals surface area contributed by atoms with Crippen LogP contribution in [0.15, 0.2) is 9.95 Å². The number of thioether (sulfide) groups is 1. The summed E-state index contributed by atoms with van der Waals surface area (Å²) in [6.45, 7) is 7.97. The zero-order valence-corrected chi connectivity index (χ0v) is 12.2. The maximum absolute atomic E-state index is 12.1. The molecule has 1 rings (SSSR count). The minimum Gasteiger partial charge on any atom is -0.337 e. The number of carbonyl (C=O) groups excluding carboxylic acids is 1. The molecule has 7 heteroatoms. The van der Waals surface area contributed by atoms with Gasteiger partial charge in [-0.15, -0.1) is 5.10 Å². The van der Waals surface area contributed by atoms with E-state index in [2.05, 4.69) is 10.2 Å². The molecular formula is C11H20N4O2S. The molecule has 0 bridgehead atoms. The first-order valence-electron chi connectivity index (χ1n) is 5.90. The van der Waals surface area contributed by atoms with Crippen LogP contribution in [0.25, 0.3) is 0 Å². The maximum Gasteiger partial charge on any atom is 0.343 e. The van der Waals surface area contributed by atoms with E-state index >= 15 is 0 Å². The van der Waals surface area contributed by atoms with Gasteiger partial charge in [0.25, 0.3) is 0 Å². The largest absolute Gasteiger partial charge is 0.343 e. The first-order chi connectivity index (χ1) is 8.34. The minimum atomic E-state index is -0.269. The van der Waals surface area contributed by atoms with Crippen LogP contribution in [0.4, 0.5) is 0 Å². The Balaban J connectivity index is 2.65. The summed E-state index contributed by atoms with van der Waals surface area (Å²) in [5.74, 6) is 0.342. The second-order valence-electron chi connectivity index (χ2n) is 4.65. The number of rotatable bonds is 5. The normalized spacial score (nSPS) is 11.3. The molecule has 1 aromatic heterocycles. The van der Waals surface area contributed by atoms with Crippen LogP contribution in [0.1, 0.15) is 27.7 Å². The van der Waals surface area contributed by atoms with E-state index in [9.17, 15) is 9.59 Å². The highest BCUT2D eigenvalue weighted by atomic mass is 32.2. The van der Waals surface area contributed by atoms with E-state index in [4.69, 9.17) is 0 Å². The molecule has 1 aromatic rings. The van der Waals surface area contributed by atoms with Gasteiger partial charge in [-0.25, -0.2) is 9.89 Å². The average molecular weight is 272 g/mol. The van der Waals surface area contributed by atoms with E-state index < -0.39 is 0 Å². The van der Waals surface area contributed by atoms with Gasteiger partial charge in [0.15, 0.2) is 5.16 Å². The fourth-order valence-electron chi connectivity index (χ4n) is 1.83. The van der Waals surface area contributed by atoms with E-state index in [-0.39, 0.29) is 29.4 Å². The fourth-order valence-corrected chi connectivity index (χ4v) is 2.62. The van der Waals surface area contributed by atoms with Crippen LogP contribution < -0.4 is 5.69 Å². The van der Waals surface area contributed by atoms with Crippen LogP contribution in [0.5, 0.6) is 0 Å². The van der Waals surface area contributed by atoms with Gasteiger partial charge in [0.1, 0.15) is 0 Å². The SMILES string of the molecule is CC(C)N(C(=O)CSc1n[nH]c(=O)n1C)C(C)C. The first kappa shape index (κ1) is 14.8. The first-order valence-corrected chi connectivity index (χ1v) is 6.88. The van der Waals surface area contributed by atoms with E-state index in [1.165, 1.54) is 16.3 Å². The lowest BCUT2D eigenvalue weighted by Gasteiger charge is -2.30. The number of nitrogens with zero attached hydrogens (tertiary/aromatic N) is 3. The maximum atomic E-state index is 12.1. The van der Waals surface area contributed by atoms with E-state index in [0.29, 0.717) is 5.16 Å². The Kier molecular flexibility index (Phi) is 5.01. The Hall–Kier alpha value is -1.24. The molecule has 1 N–H and O–H groups in total. The van der Waals surface area contributed by atoms with Crippen LogP contribution in [-0.4, -0.2) is 43.4 Å². The van der Waals surface area contributed by atoms with Gasteiger partial charge in [-0.05, 0) is 27.7 Å². The number of amides is 1. The molecule has 102 valence electrons. The van der Waals surface area contributed by atoms with Crippen molar-refractivity contribution in [2.24, 2.45) is 7.05 Å². The Morgan fingerprint density at radius 1 is 1.39 bits per heavy atom. The minimum absolute atomic E-state index is 0.0560. The smallest absolute Gasteiger partial charge is 0.337 e. The Morgan fingerprint density at radius 2 is 1.94 bits per heavy atom. The van der Waals surface area contributed by atoms with Crippen molar-refractivity contribution >= 4 is 17.7 Å². The zero-order valence-electron chi connectivity index (χ0n) is 11.4. The number of carbonyl (C=O) groups is 1. The topological polar surface area (TPSA) is 71.0 Å². The average Bonchev–Trinajstić information content (AvgIpc) is 2.56. The molecule has 0 aliphatic heterocycles. The molecule has 0 aliphatic rings. The molecule has 6 nitrogen and oxygen atoms in total. The van der Waals surface area contributed by atoms with Gasteiger partial charge in [0.2, 0.25) is 5.91 Å². The van der Waals surface area contributed by atoms with E-state index in [1.807, 2.05) is 32.6 Å².